The quantitative estimate of drug-likeness (QED) is 0.766. The molecule has 1 N–H and O–H groups in total. The Morgan fingerprint density at radius 3 is 3.24 bits per heavy atom. The van der Waals surface area contributed by atoms with Gasteiger partial charge in [-0.25, -0.2) is 9.67 Å². The number of nitrogens with zero attached hydrogens (tertiary/aromatic N) is 4. The molecule has 0 radical (unpaired) electrons. The number of nitrogens with one attached hydrogen (secondary N) is 1. The van der Waals surface area contributed by atoms with Crippen molar-refractivity contribution in [3.63, 3.8) is 0 Å². The van der Waals surface area contributed by atoms with E-state index in [4.69, 9.17) is 4.74 Å². The van der Waals surface area contributed by atoms with Crippen LogP contribution in [-0.4, -0.2) is 59.1 Å². The molecule has 17 heavy (non-hydrogen) atoms. The Hall–Kier alpha value is -0.980. The van der Waals surface area contributed by atoms with Crippen molar-refractivity contribution in [2.24, 2.45) is 0 Å². The first kappa shape index (κ1) is 12.5. The summed E-state index contributed by atoms with van der Waals surface area (Å²) in [5.41, 5.74) is 0. The fourth-order valence-corrected chi connectivity index (χ4v) is 2.18. The summed E-state index contributed by atoms with van der Waals surface area (Å²) in [7, 11) is 1.97. The van der Waals surface area contributed by atoms with Crippen LogP contribution in [0.25, 0.3) is 0 Å². The van der Waals surface area contributed by atoms with Gasteiger partial charge >= 0.3 is 0 Å². The van der Waals surface area contributed by atoms with Gasteiger partial charge in [0, 0.05) is 25.7 Å². The van der Waals surface area contributed by atoms with Crippen LogP contribution in [0.2, 0.25) is 0 Å². The Morgan fingerprint density at radius 1 is 1.59 bits per heavy atom. The molecule has 0 aromatic carbocycles. The molecule has 0 aliphatic carbocycles. The van der Waals surface area contributed by atoms with E-state index in [1.165, 1.54) is 0 Å². The molecule has 2 rings (SSSR count). The second-order valence-electron chi connectivity index (χ2n) is 4.25. The summed E-state index contributed by atoms with van der Waals surface area (Å²) in [4.78, 5) is 6.74. The molecule has 0 amide bonds. The number of likely N-dealkylation sites (N-methyl/N-ethyl adjacent to an activating group) is 1. The van der Waals surface area contributed by atoms with Gasteiger partial charge in [0.2, 0.25) is 0 Å². The van der Waals surface area contributed by atoms with E-state index in [2.05, 4.69) is 27.2 Å². The Morgan fingerprint density at radius 2 is 2.47 bits per heavy atom. The van der Waals surface area contributed by atoms with Crippen molar-refractivity contribution in [3.05, 3.63) is 12.2 Å². The number of morpholine rings is 1. The lowest BCUT2D eigenvalue weighted by atomic mass is 10.2. The minimum absolute atomic E-state index is 0.427. The van der Waals surface area contributed by atoms with Crippen LogP contribution >= 0.6 is 0 Å². The summed E-state index contributed by atoms with van der Waals surface area (Å²) in [5.74, 6) is 1.04. The lowest BCUT2D eigenvalue weighted by molar-refractivity contribution is -0.0119. The fraction of sp³-hybridized carbons (Fsp3) is 0.818. The van der Waals surface area contributed by atoms with Gasteiger partial charge in [-0.2, -0.15) is 5.10 Å². The van der Waals surface area contributed by atoms with Crippen molar-refractivity contribution in [3.8, 4) is 0 Å². The monoisotopic (exact) mass is 239 g/mol. The van der Waals surface area contributed by atoms with Crippen LogP contribution in [0.1, 0.15) is 12.7 Å². The van der Waals surface area contributed by atoms with Gasteiger partial charge in [-0.05, 0) is 14.0 Å². The number of aromatic nitrogens is 3. The van der Waals surface area contributed by atoms with Crippen molar-refractivity contribution in [1.82, 2.24) is 25.0 Å². The standard InChI is InChI=1S/C11H21N5O/c1-3-16-11(13-9-14-16)7-15-4-5-17-8-10(15)6-12-2/h9-10,12H,3-8H2,1-2H3. The van der Waals surface area contributed by atoms with E-state index in [0.29, 0.717) is 6.04 Å². The van der Waals surface area contributed by atoms with E-state index in [1.807, 2.05) is 11.7 Å². The smallest absolute Gasteiger partial charge is 0.141 e. The first-order valence-corrected chi connectivity index (χ1v) is 6.18. The molecule has 1 atom stereocenters. The Balaban J connectivity index is 2.00. The molecule has 0 spiro atoms. The highest BCUT2D eigenvalue weighted by atomic mass is 16.5. The van der Waals surface area contributed by atoms with Crippen LogP contribution in [0.15, 0.2) is 6.33 Å². The van der Waals surface area contributed by atoms with Gasteiger partial charge < -0.3 is 10.1 Å². The van der Waals surface area contributed by atoms with Gasteiger partial charge in [0.1, 0.15) is 12.2 Å². The summed E-state index contributed by atoms with van der Waals surface area (Å²) in [6.07, 6.45) is 1.63. The minimum atomic E-state index is 0.427. The number of ether oxygens (including phenoxy) is 1. The normalized spacial score (nSPS) is 21.9. The van der Waals surface area contributed by atoms with Crippen molar-refractivity contribution >= 4 is 0 Å². The van der Waals surface area contributed by atoms with Crippen molar-refractivity contribution in [2.45, 2.75) is 26.1 Å². The number of hydrogen-bond donors (Lipinski definition) is 1. The topological polar surface area (TPSA) is 55.2 Å². The van der Waals surface area contributed by atoms with Crippen LogP contribution in [0.4, 0.5) is 0 Å². The van der Waals surface area contributed by atoms with Gasteiger partial charge in [0.15, 0.2) is 0 Å². The van der Waals surface area contributed by atoms with Crippen LogP contribution in [-0.2, 0) is 17.8 Å². The molecule has 96 valence electrons. The molecule has 1 aromatic rings. The molecular weight excluding hydrogens is 218 g/mol. The van der Waals surface area contributed by atoms with Crippen LogP contribution in [0.5, 0.6) is 0 Å². The molecule has 6 nitrogen and oxygen atoms in total. The molecule has 0 saturated carbocycles. The lowest BCUT2D eigenvalue weighted by Crippen LogP contribution is -2.49. The molecule has 2 heterocycles. The SMILES string of the molecule is CCn1ncnc1CN1CCOCC1CNC. The Kier molecular flexibility index (Phi) is 4.47. The van der Waals surface area contributed by atoms with Crippen molar-refractivity contribution in [2.75, 3.05) is 33.4 Å². The minimum Gasteiger partial charge on any atom is -0.378 e. The van der Waals surface area contributed by atoms with Crippen LogP contribution in [0.3, 0.4) is 0 Å². The average Bonchev–Trinajstić information content (AvgIpc) is 2.79. The maximum absolute atomic E-state index is 5.52. The van der Waals surface area contributed by atoms with Crippen molar-refractivity contribution in [1.29, 1.82) is 0 Å². The van der Waals surface area contributed by atoms with E-state index in [1.54, 1.807) is 6.33 Å². The summed E-state index contributed by atoms with van der Waals surface area (Å²) >= 11 is 0. The third kappa shape index (κ3) is 3.02. The second kappa shape index (κ2) is 6.09. The molecule has 1 saturated heterocycles. The largest absolute Gasteiger partial charge is 0.378 e. The van der Waals surface area contributed by atoms with Gasteiger partial charge in [0.05, 0.1) is 19.8 Å². The summed E-state index contributed by atoms with van der Waals surface area (Å²) in [5, 5.41) is 7.41. The summed E-state index contributed by atoms with van der Waals surface area (Å²) < 4.78 is 7.47. The Labute approximate surface area is 102 Å². The third-order valence-corrected chi connectivity index (χ3v) is 3.13. The molecule has 6 heteroatoms. The zero-order valence-corrected chi connectivity index (χ0v) is 10.6. The van der Waals surface area contributed by atoms with Gasteiger partial charge in [-0.3, -0.25) is 4.90 Å². The van der Waals surface area contributed by atoms with Gasteiger partial charge in [-0.15, -0.1) is 0 Å². The number of aryl methyl sites for hydroxylation is 1. The second-order valence-corrected chi connectivity index (χ2v) is 4.25. The van der Waals surface area contributed by atoms with E-state index in [-0.39, 0.29) is 0 Å². The molecule has 1 unspecified atom stereocenters. The first-order valence-electron chi connectivity index (χ1n) is 6.18. The van der Waals surface area contributed by atoms with Crippen molar-refractivity contribution < 1.29 is 4.74 Å². The zero-order chi connectivity index (χ0) is 12.1. The zero-order valence-electron chi connectivity index (χ0n) is 10.6. The maximum Gasteiger partial charge on any atom is 0.141 e. The molecule has 1 fully saturated rings. The number of hydrogen-bond acceptors (Lipinski definition) is 5. The number of rotatable bonds is 5. The van der Waals surface area contributed by atoms with E-state index in [9.17, 15) is 0 Å². The predicted octanol–water partition coefficient (Wildman–Crippen LogP) is -0.282. The highest BCUT2D eigenvalue weighted by Gasteiger charge is 2.23. The molecule has 1 aromatic heterocycles. The van der Waals surface area contributed by atoms with Gasteiger partial charge in [-0.1, -0.05) is 0 Å². The molecule has 1 aliphatic rings. The third-order valence-electron chi connectivity index (χ3n) is 3.13. The average molecular weight is 239 g/mol. The lowest BCUT2D eigenvalue weighted by Gasteiger charge is -2.35. The van der Waals surface area contributed by atoms with E-state index in [0.717, 1.165) is 45.2 Å². The molecule has 1 aliphatic heterocycles. The van der Waals surface area contributed by atoms with Crippen LogP contribution < -0.4 is 5.32 Å². The highest BCUT2D eigenvalue weighted by Crippen LogP contribution is 2.10. The van der Waals surface area contributed by atoms with Crippen LogP contribution in [0, 0.1) is 0 Å². The Bertz CT molecular complexity index is 338. The van der Waals surface area contributed by atoms with Gasteiger partial charge in [0.25, 0.3) is 0 Å². The fourth-order valence-electron chi connectivity index (χ4n) is 2.18. The molecule has 0 bridgehead atoms. The van der Waals surface area contributed by atoms with E-state index >= 15 is 0 Å². The predicted molar refractivity (Wildman–Crippen MR) is 64.6 cm³/mol. The summed E-state index contributed by atoms with van der Waals surface area (Å²) in [6, 6.07) is 0.427. The first-order chi connectivity index (χ1) is 8.35. The van der Waals surface area contributed by atoms with E-state index < -0.39 is 0 Å². The highest BCUT2D eigenvalue weighted by molar-refractivity contribution is 4.88. The summed E-state index contributed by atoms with van der Waals surface area (Å²) in [6.45, 7) is 7.31. The molecular formula is C11H21N5O. The maximum atomic E-state index is 5.52.